The topological polar surface area (TPSA) is 50.8 Å². The van der Waals surface area contributed by atoms with Crippen LogP contribution in [-0.4, -0.2) is 16.9 Å². The third-order valence-corrected chi connectivity index (χ3v) is 3.04. The van der Waals surface area contributed by atoms with Crippen LogP contribution in [0, 0.1) is 18.3 Å². The van der Waals surface area contributed by atoms with Crippen molar-refractivity contribution in [1.29, 1.82) is 5.26 Å². The van der Waals surface area contributed by atoms with Crippen molar-refractivity contribution in [3.63, 3.8) is 0 Å². The Kier molecular flexibility index (Phi) is 3.46. The standard InChI is InChI=1S/C12H9Cl2N3O/c1-7-10(6-15)16-17(12(7)18-2)11-4-3-8(13)5-9(11)14/h3-5H,1-2H3. The highest BCUT2D eigenvalue weighted by Gasteiger charge is 2.17. The van der Waals surface area contributed by atoms with Crippen molar-refractivity contribution in [3.8, 4) is 17.6 Å². The highest BCUT2D eigenvalue weighted by molar-refractivity contribution is 6.35. The molecule has 4 nitrogen and oxygen atoms in total. The van der Waals surface area contributed by atoms with Crippen LogP contribution in [0.3, 0.4) is 0 Å². The van der Waals surface area contributed by atoms with Gasteiger partial charge in [0, 0.05) is 10.6 Å². The molecule has 0 saturated heterocycles. The van der Waals surface area contributed by atoms with E-state index in [1.165, 1.54) is 11.8 Å². The minimum atomic E-state index is 0.304. The van der Waals surface area contributed by atoms with Gasteiger partial charge in [0.05, 0.1) is 17.8 Å². The third-order valence-electron chi connectivity index (χ3n) is 2.51. The number of rotatable bonds is 2. The number of methoxy groups -OCH3 is 1. The maximum atomic E-state index is 8.98. The van der Waals surface area contributed by atoms with Gasteiger partial charge >= 0.3 is 0 Å². The Balaban J connectivity index is 2.68. The highest BCUT2D eigenvalue weighted by Crippen LogP contribution is 2.30. The fraction of sp³-hybridized carbons (Fsp3) is 0.167. The van der Waals surface area contributed by atoms with Crippen LogP contribution < -0.4 is 4.74 Å². The molecular weight excluding hydrogens is 273 g/mol. The van der Waals surface area contributed by atoms with E-state index in [9.17, 15) is 0 Å². The Labute approximate surface area is 114 Å². The SMILES string of the molecule is COc1c(C)c(C#N)nn1-c1ccc(Cl)cc1Cl. The zero-order valence-corrected chi connectivity index (χ0v) is 11.2. The van der Waals surface area contributed by atoms with Gasteiger partial charge in [-0.15, -0.1) is 0 Å². The molecule has 0 spiro atoms. The van der Waals surface area contributed by atoms with Gasteiger partial charge in [-0.05, 0) is 25.1 Å². The molecule has 6 heteroatoms. The predicted octanol–water partition coefficient (Wildman–Crippen LogP) is 3.37. The Morgan fingerprint density at radius 2 is 2.11 bits per heavy atom. The van der Waals surface area contributed by atoms with Crippen LogP contribution in [0.25, 0.3) is 5.69 Å². The number of benzene rings is 1. The van der Waals surface area contributed by atoms with Gasteiger partial charge in [-0.2, -0.15) is 15.0 Å². The van der Waals surface area contributed by atoms with Crippen molar-refractivity contribution in [1.82, 2.24) is 9.78 Å². The second-order valence-corrected chi connectivity index (χ2v) is 4.45. The first kappa shape index (κ1) is 12.7. The first-order valence-electron chi connectivity index (χ1n) is 5.07. The van der Waals surface area contributed by atoms with Crippen LogP contribution in [0.15, 0.2) is 18.2 Å². The molecule has 0 N–H and O–H groups in total. The minimum absolute atomic E-state index is 0.304. The number of halogens is 2. The van der Waals surface area contributed by atoms with E-state index in [0.717, 1.165) is 0 Å². The largest absolute Gasteiger partial charge is 0.481 e. The molecular formula is C12H9Cl2N3O. The summed E-state index contributed by atoms with van der Waals surface area (Å²) in [6, 6.07) is 7.04. The molecule has 92 valence electrons. The molecule has 0 aliphatic heterocycles. The molecule has 0 saturated carbocycles. The van der Waals surface area contributed by atoms with Crippen molar-refractivity contribution >= 4 is 23.2 Å². The Morgan fingerprint density at radius 3 is 2.67 bits per heavy atom. The highest BCUT2D eigenvalue weighted by atomic mass is 35.5. The van der Waals surface area contributed by atoms with Gasteiger partial charge in [0.25, 0.3) is 0 Å². The molecule has 1 aromatic heterocycles. The van der Waals surface area contributed by atoms with Gasteiger partial charge in [-0.3, -0.25) is 0 Å². The zero-order valence-electron chi connectivity index (χ0n) is 9.74. The molecule has 0 radical (unpaired) electrons. The summed E-state index contributed by atoms with van der Waals surface area (Å²) >= 11 is 12.0. The molecule has 1 heterocycles. The summed E-state index contributed by atoms with van der Waals surface area (Å²) in [6.07, 6.45) is 0. The lowest BCUT2D eigenvalue weighted by Crippen LogP contribution is -2.01. The fourth-order valence-electron chi connectivity index (χ4n) is 1.64. The zero-order chi connectivity index (χ0) is 13.3. The molecule has 0 atom stereocenters. The number of nitriles is 1. The summed E-state index contributed by atoms with van der Waals surface area (Å²) < 4.78 is 6.75. The first-order valence-corrected chi connectivity index (χ1v) is 5.83. The monoisotopic (exact) mass is 281 g/mol. The van der Waals surface area contributed by atoms with Crippen LogP contribution in [0.4, 0.5) is 0 Å². The van der Waals surface area contributed by atoms with Crippen LogP contribution in [0.2, 0.25) is 10.0 Å². The molecule has 0 amide bonds. The van der Waals surface area contributed by atoms with Crippen molar-refractivity contribution < 1.29 is 4.74 Å². The first-order chi connectivity index (χ1) is 8.58. The van der Waals surface area contributed by atoms with Gasteiger partial charge in [0.2, 0.25) is 5.88 Å². The molecule has 0 aliphatic rings. The van der Waals surface area contributed by atoms with Gasteiger partial charge in [0.1, 0.15) is 6.07 Å². The van der Waals surface area contributed by atoms with Crippen LogP contribution in [-0.2, 0) is 0 Å². The average Bonchev–Trinajstić information content (AvgIpc) is 2.65. The summed E-state index contributed by atoms with van der Waals surface area (Å²) in [5.74, 6) is 0.482. The van der Waals surface area contributed by atoms with Crippen molar-refractivity contribution in [2.45, 2.75) is 6.92 Å². The Morgan fingerprint density at radius 1 is 1.39 bits per heavy atom. The van der Waals surface area contributed by atoms with E-state index < -0.39 is 0 Å². The van der Waals surface area contributed by atoms with E-state index in [1.807, 2.05) is 6.07 Å². The second-order valence-electron chi connectivity index (χ2n) is 3.60. The lowest BCUT2D eigenvalue weighted by molar-refractivity contribution is 0.381. The summed E-state index contributed by atoms with van der Waals surface area (Å²) in [5.41, 5.74) is 1.59. The lowest BCUT2D eigenvalue weighted by atomic mass is 10.3. The van der Waals surface area contributed by atoms with Gasteiger partial charge in [-0.1, -0.05) is 23.2 Å². The number of aromatic nitrogens is 2. The molecule has 0 aliphatic carbocycles. The minimum Gasteiger partial charge on any atom is -0.481 e. The molecule has 2 rings (SSSR count). The summed E-state index contributed by atoms with van der Waals surface area (Å²) in [4.78, 5) is 0. The van der Waals surface area contributed by atoms with Gasteiger partial charge in [0.15, 0.2) is 5.69 Å². The van der Waals surface area contributed by atoms with E-state index in [0.29, 0.717) is 32.9 Å². The van der Waals surface area contributed by atoms with Crippen LogP contribution in [0.5, 0.6) is 5.88 Å². The second kappa shape index (κ2) is 4.89. The molecule has 0 bridgehead atoms. The molecule has 18 heavy (non-hydrogen) atoms. The van der Waals surface area contributed by atoms with Crippen LogP contribution in [0.1, 0.15) is 11.3 Å². The quantitative estimate of drug-likeness (QED) is 0.848. The van der Waals surface area contributed by atoms with Crippen molar-refractivity contribution in [2.24, 2.45) is 0 Å². The lowest BCUT2D eigenvalue weighted by Gasteiger charge is -2.08. The van der Waals surface area contributed by atoms with Gasteiger partial charge in [-0.25, -0.2) is 0 Å². The van der Waals surface area contributed by atoms with E-state index in [4.69, 9.17) is 33.2 Å². The Hall–Kier alpha value is -1.70. The number of nitrogens with zero attached hydrogens (tertiary/aromatic N) is 3. The third kappa shape index (κ3) is 2.03. The average molecular weight is 282 g/mol. The van der Waals surface area contributed by atoms with Crippen molar-refractivity contribution in [2.75, 3.05) is 7.11 Å². The maximum Gasteiger partial charge on any atom is 0.220 e. The fourth-order valence-corrected chi connectivity index (χ4v) is 2.13. The number of hydrogen-bond donors (Lipinski definition) is 0. The molecule has 0 fully saturated rings. The molecule has 1 aromatic carbocycles. The normalized spacial score (nSPS) is 10.2. The van der Waals surface area contributed by atoms with Gasteiger partial charge < -0.3 is 4.74 Å². The van der Waals surface area contributed by atoms with E-state index >= 15 is 0 Å². The molecule has 2 aromatic rings. The van der Waals surface area contributed by atoms with E-state index in [-0.39, 0.29) is 0 Å². The van der Waals surface area contributed by atoms with E-state index in [2.05, 4.69) is 5.10 Å². The summed E-state index contributed by atoms with van der Waals surface area (Å²) in [7, 11) is 1.52. The smallest absolute Gasteiger partial charge is 0.220 e. The van der Waals surface area contributed by atoms with E-state index in [1.54, 1.807) is 25.1 Å². The number of ether oxygens (including phenoxy) is 1. The van der Waals surface area contributed by atoms with Crippen molar-refractivity contribution in [3.05, 3.63) is 39.5 Å². The molecule has 0 unspecified atom stereocenters. The summed E-state index contributed by atoms with van der Waals surface area (Å²) in [6.45, 7) is 1.77. The predicted molar refractivity (Wildman–Crippen MR) is 69.6 cm³/mol. The number of hydrogen-bond acceptors (Lipinski definition) is 3. The maximum absolute atomic E-state index is 8.98. The summed E-state index contributed by atoms with van der Waals surface area (Å²) in [5, 5.41) is 14.1. The Bertz CT molecular complexity index is 644. The van der Waals surface area contributed by atoms with Crippen LogP contribution >= 0.6 is 23.2 Å².